The quantitative estimate of drug-likeness (QED) is 0.651. The number of piperazine rings is 1. The van der Waals surface area contributed by atoms with Crippen molar-refractivity contribution in [1.29, 1.82) is 5.26 Å². The topological polar surface area (TPSA) is 64.4 Å². The first-order valence-corrected chi connectivity index (χ1v) is 5.57. The molecule has 16 heavy (non-hydrogen) atoms. The van der Waals surface area contributed by atoms with Crippen LogP contribution >= 0.6 is 11.6 Å². The lowest BCUT2D eigenvalue weighted by molar-refractivity contribution is -0.138. The van der Waals surface area contributed by atoms with E-state index < -0.39 is 5.38 Å². The highest BCUT2D eigenvalue weighted by molar-refractivity contribution is 6.30. The van der Waals surface area contributed by atoms with Gasteiger partial charge in [0.05, 0.1) is 6.07 Å². The first-order chi connectivity index (χ1) is 7.56. The molecule has 6 heteroatoms. The van der Waals surface area contributed by atoms with E-state index in [9.17, 15) is 9.59 Å². The van der Waals surface area contributed by atoms with Crippen molar-refractivity contribution in [3.05, 3.63) is 0 Å². The zero-order valence-corrected chi connectivity index (χ0v) is 9.90. The van der Waals surface area contributed by atoms with Crippen LogP contribution in [0.5, 0.6) is 0 Å². The molecule has 1 heterocycles. The summed E-state index contributed by atoms with van der Waals surface area (Å²) in [5.41, 5.74) is 0. The third-order valence-electron chi connectivity index (χ3n) is 2.51. The Bertz CT molecular complexity index is 317. The molecular formula is C10H14ClN3O2. The van der Waals surface area contributed by atoms with Gasteiger partial charge in [-0.1, -0.05) is 0 Å². The predicted octanol–water partition coefficient (Wildman–Crippen LogP) is 0.198. The van der Waals surface area contributed by atoms with Gasteiger partial charge in [-0.3, -0.25) is 9.59 Å². The Kier molecular flexibility index (Phi) is 4.56. The molecule has 0 aromatic heterocycles. The number of nitrogens with zero attached hydrogens (tertiary/aromatic N) is 3. The molecule has 0 aliphatic carbocycles. The Morgan fingerprint density at radius 1 is 1.31 bits per heavy atom. The fourth-order valence-electron chi connectivity index (χ4n) is 1.61. The highest BCUT2D eigenvalue weighted by atomic mass is 35.5. The summed E-state index contributed by atoms with van der Waals surface area (Å²) in [4.78, 5) is 26.2. The SMILES string of the molecule is CC(Cl)C(=O)N1CCN(C(=O)CC#N)CC1. The van der Waals surface area contributed by atoms with Gasteiger partial charge in [-0.2, -0.15) is 5.26 Å². The minimum atomic E-state index is -0.527. The van der Waals surface area contributed by atoms with Crippen LogP contribution in [-0.4, -0.2) is 53.2 Å². The third kappa shape index (κ3) is 3.11. The molecule has 1 aliphatic heterocycles. The number of nitriles is 1. The Morgan fingerprint density at radius 2 is 1.81 bits per heavy atom. The zero-order valence-electron chi connectivity index (χ0n) is 9.15. The van der Waals surface area contributed by atoms with Gasteiger partial charge >= 0.3 is 0 Å². The molecule has 0 saturated carbocycles. The largest absolute Gasteiger partial charge is 0.338 e. The number of carbonyl (C=O) groups is 2. The second-order valence-corrected chi connectivity index (χ2v) is 4.31. The minimum absolute atomic E-state index is 0.0974. The maximum atomic E-state index is 11.5. The average molecular weight is 244 g/mol. The average Bonchev–Trinajstić information content (AvgIpc) is 2.28. The van der Waals surface area contributed by atoms with Crippen molar-refractivity contribution in [3.8, 4) is 6.07 Å². The van der Waals surface area contributed by atoms with Crippen LogP contribution in [-0.2, 0) is 9.59 Å². The van der Waals surface area contributed by atoms with Crippen LogP contribution in [0.25, 0.3) is 0 Å². The van der Waals surface area contributed by atoms with E-state index in [0.717, 1.165) is 0 Å². The maximum Gasteiger partial charge on any atom is 0.240 e. The van der Waals surface area contributed by atoms with Crippen molar-refractivity contribution in [2.75, 3.05) is 26.2 Å². The maximum absolute atomic E-state index is 11.5. The summed E-state index contributed by atoms with van der Waals surface area (Å²) >= 11 is 5.70. The van der Waals surface area contributed by atoms with Crippen molar-refractivity contribution < 1.29 is 9.59 Å². The first-order valence-electron chi connectivity index (χ1n) is 5.14. The highest BCUT2D eigenvalue weighted by Gasteiger charge is 2.25. The molecule has 0 radical (unpaired) electrons. The molecule has 0 aromatic rings. The summed E-state index contributed by atoms with van der Waals surface area (Å²) in [6.45, 7) is 3.59. The van der Waals surface area contributed by atoms with Gasteiger partial charge in [0.1, 0.15) is 11.8 Å². The Balaban J connectivity index is 2.43. The van der Waals surface area contributed by atoms with Gasteiger partial charge in [0, 0.05) is 26.2 Å². The van der Waals surface area contributed by atoms with Gasteiger partial charge in [-0.05, 0) is 6.92 Å². The summed E-state index contributed by atoms with van der Waals surface area (Å²) in [6.07, 6.45) is -0.0974. The number of halogens is 1. The number of alkyl halides is 1. The molecule has 0 aromatic carbocycles. The lowest BCUT2D eigenvalue weighted by Crippen LogP contribution is -2.51. The van der Waals surface area contributed by atoms with Gasteiger partial charge < -0.3 is 9.80 Å². The summed E-state index contributed by atoms with van der Waals surface area (Å²) in [6, 6.07) is 1.82. The van der Waals surface area contributed by atoms with E-state index in [4.69, 9.17) is 16.9 Å². The standard InChI is InChI=1S/C10H14ClN3O2/c1-8(11)10(16)14-6-4-13(5-7-14)9(15)2-3-12/h8H,2,4-7H2,1H3. The first kappa shape index (κ1) is 12.8. The normalized spacial score (nSPS) is 17.8. The van der Waals surface area contributed by atoms with Crippen LogP contribution in [0.15, 0.2) is 0 Å². The van der Waals surface area contributed by atoms with Crippen LogP contribution in [0, 0.1) is 11.3 Å². The van der Waals surface area contributed by atoms with Gasteiger partial charge in [0.2, 0.25) is 11.8 Å². The molecule has 1 saturated heterocycles. The number of hydrogen-bond donors (Lipinski definition) is 0. The molecule has 1 fully saturated rings. The number of amides is 2. The van der Waals surface area contributed by atoms with Crippen molar-refractivity contribution in [2.24, 2.45) is 0 Å². The molecule has 1 atom stereocenters. The van der Waals surface area contributed by atoms with E-state index in [0.29, 0.717) is 26.2 Å². The van der Waals surface area contributed by atoms with Crippen molar-refractivity contribution >= 4 is 23.4 Å². The number of hydrogen-bond acceptors (Lipinski definition) is 3. The van der Waals surface area contributed by atoms with Crippen molar-refractivity contribution in [3.63, 3.8) is 0 Å². The Labute approximate surface area is 99.6 Å². The van der Waals surface area contributed by atoms with E-state index in [2.05, 4.69) is 0 Å². The fraction of sp³-hybridized carbons (Fsp3) is 0.700. The van der Waals surface area contributed by atoms with Gasteiger partial charge in [-0.15, -0.1) is 11.6 Å². The molecule has 1 aliphatic rings. The van der Waals surface area contributed by atoms with Gasteiger partial charge in [-0.25, -0.2) is 0 Å². The Hall–Kier alpha value is -1.28. The van der Waals surface area contributed by atoms with Gasteiger partial charge in [0.25, 0.3) is 0 Å². The van der Waals surface area contributed by atoms with E-state index in [1.807, 2.05) is 6.07 Å². The highest BCUT2D eigenvalue weighted by Crippen LogP contribution is 2.07. The van der Waals surface area contributed by atoms with E-state index in [-0.39, 0.29) is 18.2 Å². The number of rotatable bonds is 2. The molecule has 5 nitrogen and oxygen atoms in total. The Morgan fingerprint density at radius 3 is 2.25 bits per heavy atom. The van der Waals surface area contributed by atoms with Crippen LogP contribution in [0.4, 0.5) is 0 Å². The minimum Gasteiger partial charge on any atom is -0.338 e. The number of carbonyl (C=O) groups excluding carboxylic acids is 2. The van der Waals surface area contributed by atoms with Crippen LogP contribution in [0.1, 0.15) is 13.3 Å². The van der Waals surface area contributed by atoms with Crippen molar-refractivity contribution in [1.82, 2.24) is 9.80 Å². The molecule has 88 valence electrons. The second-order valence-electron chi connectivity index (χ2n) is 3.66. The summed E-state index contributed by atoms with van der Waals surface area (Å²) in [5.74, 6) is -0.275. The lowest BCUT2D eigenvalue weighted by Gasteiger charge is -2.35. The van der Waals surface area contributed by atoms with Gasteiger partial charge in [0.15, 0.2) is 0 Å². The van der Waals surface area contributed by atoms with Crippen LogP contribution in [0.3, 0.4) is 0 Å². The summed E-state index contributed by atoms with van der Waals surface area (Å²) in [5, 5.41) is 7.87. The van der Waals surface area contributed by atoms with Crippen LogP contribution < -0.4 is 0 Å². The monoisotopic (exact) mass is 243 g/mol. The van der Waals surface area contributed by atoms with Crippen molar-refractivity contribution in [2.45, 2.75) is 18.7 Å². The zero-order chi connectivity index (χ0) is 12.1. The smallest absolute Gasteiger partial charge is 0.240 e. The van der Waals surface area contributed by atoms with E-state index in [1.54, 1.807) is 16.7 Å². The third-order valence-corrected chi connectivity index (χ3v) is 2.70. The summed E-state index contributed by atoms with van der Waals surface area (Å²) < 4.78 is 0. The lowest BCUT2D eigenvalue weighted by atomic mass is 10.2. The summed E-state index contributed by atoms with van der Waals surface area (Å²) in [7, 11) is 0. The molecule has 0 N–H and O–H groups in total. The molecule has 1 unspecified atom stereocenters. The van der Waals surface area contributed by atoms with Crippen LogP contribution in [0.2, 0.25) is 0 Å². The molecule has 1 rings (SSSR count). The molecular weight excluding hydrogens is 230 g/mol. The molecule has 0 bridgehead atoms. The second kappa shape index (κ2) is 5.71. The molecule has 2 amide bonds. The molecule has 0 spiro atoms. The van der Waals surface area contributed by atoms with E-state index >= 15 is 0 Å². The predicted molar refractivity (Wildman–Crippen MR) is 58.7 cm³/mol. The van der Waals surface area contributed by atoms with E-state index in [1.165, 1.54) is 0 Å². The fourth-order valence-corrected chi connectivity index (χ4v) is 1.75.